The summed E-state index contributed by atoms with van der Waals surface area (Å²) in [6, 6.07) is 17.3. The van der Waals surface area contributed by atoms with Gasteiger partial charge in [-0.1, -0.05) is 36.4 Å². The van der Waals surface area contributed by atoms with Crippen molar-refractivity contribution in [3.63, 3.8) is 0 Å². The van der Waals surface area contributed by atoms with E-state index in [-0.39, 0.29) is 6.61 Å². The first kappa shape index (κ1) is 19.6. The summed E-state index contributed by atoms with van der Waals surface area (Å²) >= 11 is 0. The van der Waals surface area contributed by atoms with Crippen molar-refractivity contribution in [3.05, 3.63) is 71.8 Å². The van der Waals surface area contributed by atoms with Gasteiger partial charge in [-0.15, -0.1) is 0 Å². The van der Waals surface area contributed by atoms with Crippen molar-refractivity contribution in [3.8, 4) is 0 Å². The Balaban J connectivity index is 1.46. The Labute approximate surface area is 168 Å². The van der Waals surface area contributed by atoms with Crippen LogP contribution in [0, 0.1) is 0 Å². The molecule has 0 N–H and O–H groups in total. The second-order valence-electron chi connectivity index (χ2n) is 7.34. The molecule has 0 amide bonds. The predicted molar refractivity (Wildman–Crippen MR) is 101 cm³/mol. The highest BCUT2D eigenvalue weighted by Gasteiger charge is 2.56. The van der Waals surface area contributed by atoms with Crippen LogP contribution in [-0.2, 0) is 23.7 Å². The van der Waals surface area contributed by atoms with Gasteiger partial charge in [-0.2, -0.15) is 0 Å². The van der Waals surface area contributed by atoms with Crippen molar-refractivity contribution in [2.24, 2.45) is 0 Å². The third-order valence-electron chi connectivity index (χ3n) is 4.73. The van der Waals surface area contributed by atoms with Gasteiger partial charge in [0.15, 0.2) is 24.3 Å². The molecular weight excluding hydrogens is 376 g/mol. The average Bonchev–Trinajstić information content (AvgIpc) is 3.19. The van der Waals surface area contributed by atoms with Crippen molar-refractivity contribution < 1.29 is 33.3 Å². The standard InChI is InChI=1S/C22H22O7/c1-22(2)28-18-17(27-20(24)15-11-7-4-8-12-15)16(26-21(18)29-22)13-25-19(23)14-9-5-3-6-10-14/h3-12,16-18,21H,13H2,1-2H3/t16-,17?,18-,21-/m1/s1. The molecule has 0 spiro atoms. The van der Waals surface area contributed by atoms with E-state index < -0.39 is 42.3 Å². The Kier molecular flexibility index (Phi) is 5.36. The number of carbonyl (C=O) groups excluding carboxylic acids is 2. The summed E-state index contributed by atoms with van der Waals surface area (Å²) in [5.74, 6) is -1.85. The van der Waals surface area contributed by atoms with Gasteiger partial charge in [0, 0.05) is 0 Å². The third-order valence-corrected chi connectivity index (χ3v) is 4.73. The lowest BCUT2D eigenvalue weighted by Gasteiger charge is -2.25. The molecule has 4 atom stereocenters. The summed E-state index contributed by atoms with van der Waals surface area (Å²) in [7, 11) is 0. The molecule has 0 bridgehead atoms. The van der Waals surface area contributed by atoms with Gasteiger partial charge < -0.3 is 23.7 Å². The highest BCUT2D eigenvalue weighted by Crippen LogP contribution is 2.39. The number of ether oxygens (including phenoxy) is 5. The lowest BCUT2D eigenvalue weighted by Crippen LogP contribution is -2.40. The summed E-state index contributed by atoms with van der Waals surface area (Å²) in [5, 5.41) is 0. The lowest BCUT2D eigenvalue weighted by molar-refractivity contribution is -0.218. The summed E-state index contributed by atoms with van der Waals surface area (Å²) < 4.78 is 28.5. The van der Waals surface area contributed by atoms with Gasteiger partial charge >= 0.3 is 11.9 Å². The molecule has 29 heavy (non-hydrogen) atoms. The molecule has 0 saturated carbocycles. The van der Waals surface area contributed by atoms with Gasteiger partial charge in [-0.05, 0) is 38.1 Å². The maximum atomic E-state index is 12.6. The van der Waals surface area contributed by atoms with Crippen LogP contribution in [-0.4, -0.2) is 48.9 Å². The predicted octanol–water partition coefficient (Wildman–Crippen LogP) is 2.95. The molecule has 0 aromatic heterocycles. The molecule has 7 heteroatoms. The Morgan fingerprint density at radius 3 is 2.10 bits per heavy atom. The topological polar surface area (TPSA) is 80.3 Å². The van der Waals surface area contributed by atoms with Crippen LogP contribution in [0.2, 0.25) is 0 Å². The maximum absolute atomic E-state index is 12.6. The van der Waals surface area contributed by atoms with E-state index in [1.54, 1.807) is 62.4 Å². The van der Waals surface area contributed by atoms with Crippen LogP contribution in [0.3, 0.4) is 0 Å². The van der Waals surface area contributed by atoms with E-state index in [1.807, 2.05) is 12.1 Å². The van der Waals surface area contributed by atoms with Crippen molar-refractivity contribution in [2.75, 3.05) is 6.61 Å². The highest BCUT2D eigenvalue weighted by molar-refractivity contribution is 5.90. The number of carbonyl (C=O) groups is 2. The largest absolute Gasteiger partial charge is 0.459 e. The van der Waals surface area contributed by atoms with Crippen LogP contribution < -0.4 is 0 Å². The van der Waals surface area contributed by atoms with Crippen LogP contribution in [0.1, 0.15) is 34.6 Å². The van der Waals surface area contributed by atoms with E-state index in [4.69, 9.17) is 23.7 Å². The molecule has 7 nitrogen and oxygen atoms in total. The molecule has 4 rings (SSSR count). The zero-order valence-corrected chi connectivity index (χ0v) is 16.1. The van der Waals surface area contributed by atoms with Crippen LogP contribution in [0.5, 0.6) is 0 Å². The van der Waals surface area contributed by atoms with Gasteiger partial charge in [0.1, 0.15) is 12.7 Å². The Morgan fingerprint density at radius 2 is 1.48 bits per heavy atom. The van der Waals surface area contributed by atoms with Crippen molar-refractivity contribution in [2.45, 2.75) is 44.2 Å². The minimum Gasteiger partial charge on any atom is -0.459 e. The number of rotatable bonds is 5. The number of benzene rings is 2. The third kappa shape index (κ3) is 4.32. The molecule has 2 saturated heterocycles. The summed E-state index contributed by atoms with van der Waals surface area (Å²) in [4.78, 5) is 24.8. The lowest BCUT2D eigenvalue weighted by atomic mass is 10.1. The van der Waals surface area contributed by atoms with Gasteiger partial charge in [0.25, 0.3) is 0 Å². The van der Waals surface area contributed by atoms with Gasteiger partial charge in [0.05, 0.1) is 11.1 Å². The van der Waals surface area contributed by atoms with Gasteiger partial charge in [0.2, 0.25) is 0 Å². The van der Waals surface area contributed by atoms with Crippen LogP contribution >= 0.6 is 0 Å². The van der Waals surface area contributed by atoms with E-state index in [0.29, 0.717) is 11.1 Å². The van der Waals surface area contributed by atoms with E-state index in [0.717, 1.165) is 0 Å². The molecule has 2 aliphatic rings. The zero-order valence-electron chi connectivity index (χ0n) is 16.1. The van der Waals surface area contributed by atoms with Crippen molar-refractivity contribution in [1.29, 1.82) is 0 Å². The van der Waals surface area contributed by atoms with E-state index in [1.165, 1.54) is 0 Å². The molecular formula is C22H22O7. The molecule has 2 aliphatic heterocycles. The molecule has 0 radical (unpaired) electrons. The monoisotopic (exact) mass is 398 g/mol. The number of fused-ring (bicyclic) bond motifs is 1. The van der Waals surface area contributed by atoms with E-state index in [2.05, 4.69) is 0 Å². The normalized spacial score (nSPS) is 27.2. The first-order valence-electron chi connectivity index (χ1n) is 9.42. The fourth-order valence-corrected chi connectivity index (χ4v) is 3.40. The zero-order chi connectivity index (χ0) is 20.4. The van der Waals surface area contributed by atoms with Gasteiger partial charge in [-0.25, -0.2) is 9.59 Å². The Morgan fingerprint density at radius 1 is 0.897 bits per heavy atom. The Hall–Kier alpha value is -2.74. The van der Waals surface area contributed by atoms with E-state index in [9.17, 15) is 9.59 Å². The highest BCUT2D eigenvalue weighted by atomic mass is 16.8. The second kappa shape index (κ2) is 7.94. The van der Waals surface area contributed by atoms with E-state index >= 15 is 0 Å². The Bertz CT molecular complexity index is 865. The molecule has 152 valence electrons. The first-order chi connectivity index (χ1) is 13.9. The van der Waals surface area contributed by atoms with Crippen LogP contribution in [0.15, 0.2) is 60.7 Å². The van der Waals surface area contributed by atoms with Crippen molar-refractivity contribution >= 4 is 11.9 Å². The smallest absolute Gasteiger partial charge is 0.338 e. The summed E-state index contributed by atoms with van der Waals surface area (Å²) in [5.41, 5.74) is 0.839. The number of hydrogen-bond donors (Lipinski definition) is 0. The molecule has 1 unspecified atom stereocenters. The number of hydrogen-bond acceptors (Lipinski definition) is 7. The first-order valence-corrected chi connectivity index (χ1v) is 9.42. The van der Waals surface area contributed by atoms with Gasteiger partial charge in [-0.3, -0.25) is 0 Å². The summed E-state index contributed by atoms with van der Waals surface area (Å²) in [6.45, 7) is 3.42. The van der Waals surface area contributed by atoms with Crippen molar-refractivity contribution in [1.82, 2.24) is 0 Å². The van der Waals surface area contributed by atoms with Crippen LogP contribution in [0.4, 0.5) is 0 Å². The maximum Gasteiger partial charge on any atom is 0.338 e. The molecule has 2 heterocycles. The minimum absolute atomic E-state index is 0.0966. The molecule has 0 aliphatic carbocycles. The summed E-state index contributed by atoms with van der Waals surface area (Å²) in [6.07, 6.45) is -2.81. The SMILES string of the molecule is CC1(C)O[C@H]2O[C@H](COC(=O)c3ccccc3)C(OC(=O)c3ccccc3)[C@H]2O1. The molecule has 2 aromatic carbocycles. The molecule has 2 aromatic rings. The molecule has 2 fully saturated rings. The number of esters is 2. The fourth-order valence-electron chi connectivity index (χ4n) is 3.40. The second-order valence-corrected chi connectivity index (χ2v) is 7.34. The minimum atomic E-state index is -0.863. The average molecular weight is 398 g/mol. The quantitative estimate of drug-likeness (QED) is 0.717. The van der Waals surface area contributed by atoms with Crippen LogP contribution in [0.25, 0.3) is 0 Å². The fraction of sp³-hybridized carbons (Fsp3) is 0.364.